The van der Waals surface area contributed by atoms with E-state index < -0.39 is 0 Å². The number of ether oxygens (including phenoxy) is 1. The zero-order valence-electron chi connectivity index (χ0n) is 12.7. The monoisotopic (exact) mass is 313 g/mol. The second kappa shape index (κ2) is 8.11. The fourth-order valence-corrected chi connectivity index (χ4v) is 2.60. The van der Waals surface area contributed by atoms with Crippen molar-refractivity contribution in [3.63, 3.8) is 0 Å². The normalized spacial score (nSPS) is 10.7. The second-order valence-corrected chi connectivity index (χ2v) is 5.40. The SMILES string of the molecule is CN=C(NCCC#Cc1ccccc1OC)c1ccsc1N. The molecule has 0 fully saturated rings. The van der Waals surface area contributed by atoms with Crippen LogP contribution in [-0.2, 0) is 0 Å². The van der Waals surface area contributed by atoms with Crippen molar-refractivity contribution in [1.29, 1.82) is 0 Å². The van der Waals surface area contributed by atoms with Crippen LogP contribution in [0.4, 0.5) is 5.00 Å². The number of para-hydroxylation sites is 1. The van der Waals surface area contributed by atoms with E-state index in [2.05, 4.69) is 22.2 Å². The lowest BCUT2D eigenvalue weighted by atomic mass is 10.2. The van der Waals surface area contributed by atoms with Crippen LogP contribution in [0.1, 0.15) is 17.5 Å². The highest BCUT2D eigenvalue weighted by Gasteiger charge is 2.06. The van der Waals surface area contributed by atoms with Crippen molar-refractivity contribution in [2.24, 2.45) is 4.99 Å². The standard InChI is InChI=1S/C17H19N3OS/c1-19-17(14-10-12-22-16(14)18)20-11-6-5-8-13-7-3-4-9-15(13)21-2/h3-4,7,9-10,12H,6,11,18H2,1-2H3,(H,19,20). The smallest absolute Gasteiger partial charge is 0.134 e. The molecule has 5 heteroatoms. The Kier molecular flexibility index (Phi) is 5.87. The van der Waals surface area contributed by atoms with Gasteiger partial charge in [0.25, 0.3) is 0 Å². The zero-order chi connectivity index (χ0) is 15.8. The highest BCUT2D eigenvalue weighted by Crippen LogP contribution is 2.19. The summed E-state index contributed by atoms with van der Waals surface area (Å²) < 4.78 is 5.27. The molecule has 0 unspecified atom stereocenters. The molecule has 0 atom stereocenters. The number of aliphatic imine (C=N–C) groups is 1. The van der Waals surface area contributed by atoms with Gasteiger partial charge in [0, 0.05) is 20.0 Å². The van der Waals surface area contributed by atoms with Gasteiger partial charge in [-0.25, -0.2) is 0 Å². The number of hydrogen-bond donors (Lipinski definition) is 2. The zero-order valence-corrected chi connectivity index (χ0v) is 13.5. The molecule has 0 amide bonds. The number of benzene rings is 1. The first-order chi connectivity index (χ1) is 10.8. The molecule has 4 nitrogen and oxygen atoms in total. The number of nitrogens with two attached hydrogens (primary N) is 1. The lowest BCUT2D eigenvalue weighted by Crippen LogP contribution is -2.25. The Morgan fingerprint density at radius 3 is 2.86 bits per heavy atom. The summed E-state index contributed by atoms with van der Waals surface area (Å²) in [5.74, 6) is 7.86. The number of hydrogen-bond acceptors (Lipinski definition) is 4. The first-order valence-corrected chi connectivity index (χ1v) is 7.80. The largest absolute Gasteiger partial charge is 0.495 e. The Morgan fingerprint density at radius 1 is 1.36 bits per heavy atom. The van der Waals surface area contributed by atoms with E-state index in [-0.39, 0.29) is 0 Å². The maximum absolute atomic E-state index is 5.91. The highest BCUT2D eigenvalue weighted by molar-refractivity contribution is 7.14. The number of methoxy groups -OCH3 is 1. The van der Waals surface area contributed by atoms with Crippen LogP contribution in [0.3, 0.4) is 0 Å². The van der Waals surface area contributed by atoms with Crippen molar-refractivity contribution in [3.05, 3.63) is 46.8 Å². The minimum absolute atomic E-state index is 0.709. The van der Waals surface area contributed by atoms with Crippen molar-refractivity contribution >= 4 is 22.2 Å². The molecule has 2 rings (SSSR count). The first kappa shape index (κ1) is 15.9. The van der Waals surface area contributed by atoms with E-state index in [9.17, 15) is 0 Å². The number of rotatable bonds is 4. The molecule has 1 aromatic heterocycles. The van der Waals surface area contributed by atoms with Gasteiger partial charge in [0.2, 0.25) is 0 Å². The number of anilines is 1. The predicted molar refractivity (Wildman–Crippen MR) is 93.7 cm³/mol. The molecule has 0 aliphatic heterocycles. The second-order valence-electron chi connectivity index (χ2n) is 4.45. The summed E-state index contributed by atoms with van der Waals surface area (Å²) in [7, 11) is 3.40. The van der Waals surface area contributed by atoms with Gasteiger partial charge in [-0.2, -0.15) is 0 Å². The maximum atomic E-state index is 5.91. The van der Waals surface area contributed by atoms with Crippen LogP contribution < -0.4 is 15.8 Å². The van der Waals surface area contributed by atoms with Crippen LogP contribution in [0.2, 0.25) is 0 Å². The van der Waals surface area contributed by atoms with Gasteiger partial charge >= 0.3 is 0 Å². The van der Waals surface area contributed by atoms with Crippen LogP contribution in [0.5, 0.6) is 5.75 Å². The predicted octanol–water partition coefficient (Wildman–Crippen LogP) is 2.75. The van der Waals surface area contributed by atoms with Gasteiger partial charge in [-0.1, -0.05) is 24.0 Å². The number of nitrogen functional groups attached to an aromatic ring is 1. The molecule has 114 valence electrons. The maximum Gasteiger partial charge on any atom is 0.134 e. The molecule has 3 N–H and O–H groups in total. The summed E-state index contributed by atoms with van der Waals surface area (Å²) in [5.41, 5.74) is 7.76. The third kappa shape index (κ3) is 4.03. The van der Waals surface area contributed by atoms with Crippen molar-refractivity contribution in [2.75, 3.05) is 26.4 Å². The minimum Gasteiger partial charge on any atom is -0.495 e. The quantitative estimate of drug-likeness (QED) is 0.395. The molecule has 0 aliphatic carbocycles. The Morgan fingerprint density at radius 2 is 2.18 bits per heavy atom. The summed E-state index contributed by atoms with van der Waals surface area (Å²) in [6, 6.07) is 9.70. The Balaban J connectivity index is 1.90. The average Bonchev–Trinajstić information content (AvgIpc) is 2.97. The highest BCUT2D eigenvalue weighted by atomic mass is 32.1. The number of nitrogens with one attached hydrogen (secondary N) is 1. The third-order valence-electron chi connectivity index (χ3n) is 3.05. The summed E-state index contributed by atoms with van der Waals surface area (Å²) in [6.07, 6.45) is 0.709. The summed E-state index contributed by atoms with van der Waals surface area (Å²) in [4.78, 5) is 4.24. The fourth-order valence-electron chi connectivity index (χ4n) is 1.96. The molecule has 0 aliphatic rings. The van der Waals surface area contributed by atoms with E-state index in [4.69, 9.17) is 10.5 Å². The fraction of sp³-hybridized carbons (Fsp3) is 0.235. The molecule has 0 radical (unpaired) electrons. The molecule has 22 heavy (non-hydrogen) atoms. The van der Waals surface area contributed by atoms with Crippen LogP contribution in [-0.4, -0.2) is 26.5 Å². The summed E-state index contributed by atoms with van der Waals surface area (Å²) >= 11 is 1.51. The van der Waals surface area contributed by atoms with Gasteiger partial charge in [-0.05, 0) is 23.6 Å². The van der Waals surface area contributed by atoms with Crippen LogP contribution >= 0.6 is 11.3 Å². The molecule has 1 heterocycles. The molecule has 0 spiro atoms. The summed E-state index contributed by atoms with van der Waals surface area (Å²) in [5, 5.41) is 6.00. The van der Waals surface area contributed by atoms with Crippen molar-refractivity contribution < 1.29 is 4.74 Å². The van der Waals surface area contributed by atoms with Gasteiger partial charge in [0.1, 0.15) is 11.6 Å². The molecule has 0 saturated carbocycles. The van der Waals surface area contributed by atoms with Crippen molar-refractivity contribution in [1.82, 2.24) is 5.32 Å². The van der Waals surface area contributed by atoms with E-state index in [1.54, 1.807) is 14.2 Å². The van der Waals surface area contributed by atoms with Crippen molar-refractivity contribution in [2.45, 2.75) is 6.42 Å². The molecule has 2 aromatic rings. The van der Waals surface area contributed by atoms with E-state index in [0.29, 0.717) is 13.0 Å². The van der Waals surface area contributed by atoms with Crippen molar-refractivity contribution in [3.8, 4) is 17.6 Å². The Labute approximate surface area is 135 Å². The van der Waals surface area contributed by atoms with Gasteiger partial charge in [0.15, 0.2) is 0 Å². The van der Waals surface area contributed by atoms with Crippen LogP contribution in [0.15, 0.2) is 40.7 Å². The lowest BCUT2D eigenvalue weighted by molar-refractivity contribution is 0.413. The number of thiophene rings is 1. The van der Waals surface area contributed by atoms with E-state index >= 15 is 0 Å². The molecular weight excluding hydrogens is 294 g/mol. The van der Waals surface area contributed by atoms with E-state index in [1.807, 2.05) is 35.7 Å². The first-order valence-electron chi connectivity index (χ1n) is 6.92. The summed E-state index contributed by atoms with van der Waals surface area (Å²) in [6.45, 7) is 0.712. The lowest BCUT2D eigenvalue weighted by Gasteiger charge is -2.07. The molecular formula is C17H19N3OS. The third-order valence-corrected chi connectivity index (χ3v) is 3.79. The van der Waals surface area contributed by atoms with Crippen LogP contribution in [0.25, 0.3) is 0 Å². The topological polar surface area (TPSA) is 59.6 Å². The van der Waals surface area contributed by atoms with Gasteiger partial charge in [0.05, 0.1) is 23.2 Å². The molecule has 1 aromatic carbocycles. The average molecular weight is 313 g/mol. The Bertz CT molecular complexity index is 710. The minimum atomic E-state index is 0.709. The van der Waals surface area contributed by atoms with Crippen LogP contribution in [0, 0.1) is 11.8 Å². The number of amidine groups is 1. The van der Waals surface area contributed by atoms with Gasteiger partial charge in [-0.15, -0.1) is 11.3 Å². The molecule has 0 bridgehead atoms. The Hall–Kier alpha value is -2.45. The molecule has 0 saturated heterocycles. The van der Waals surface area contributed by atoms with Gasteiger partial charge < -0.3 is 15.8 Å². The van der Waals surface area contributed by atoms with Gasteiger partial charge in [-0.3, -0.25) is 4.99 Å². The van der Waals surface area contributed by atoms with E-state index in [1.165, 1.54) is 11.3 Å². The van der Waals surface area contributed by atoms with E-state index in [0.717, 1.165) is 27.7 Å². The number of nitrogens with zero attached hydrogens (tertiary/aromatic N) is 1.